The molecule has 1 aromatic rings. The van der Waals surface area contributed by atoms with E-state index in [0.717, 1.165) is 0 Å². The molecule has 0 aliphatic carbocycles. The number of hydrogen-bond donors (Lipinski definition) is 1. The van der Waals surface area contributed by atoms with Gasteiger partial charge in [0, 0.05) is 33.1 Å². The molecule has 2 aliphatic heterocycles. The summed E-state index contributed by atoms with van der Waals surface area (Å²) in [5.74, 6) is -1.43. The monoisotopic (exact) mass is 293 g/mol. The van der Waals surface area contributed by atoms with Crippen molar-refractivity contribution < 1.29 is 19.5 Å². The molecule has 0 bridgehead atoms. The molecule has 3 heterocycles. The maximum absolute atomic E-state index is 12.2. The van der Waals surface area contributed by atoms with E-state index in [4.69, 9.17) is 5.11 Å². The maximum Gasteiger partial charge on any atom is 0.358 e. The van der Waals surface area contributed by atoms with Crippen molar-refractivity contribution in [3.8, 4) is 0 Å². The molecular weight excluding hydrogens is 278 g/mol. The summed E-state index contributed by atoms with van der Waals surface area (Å²) in [6, 6.07) is -0.0515. The summed E-state index contributed by atoms with van der Waals surface area (Å²) in [5.41, 5.74) is -0.109. The van der Waals surface area contributed by atoms with Crippen molar-refractivity contribution in [2.24, 2.45) is 5.92 Å². The summed E-state index contributed by atoms with van der Waals surface area (Å²) in [7, 11) is 1.69. The predicted molar refractivity (Wildman–Crippen MR) is 68.3 cm³/mol. The minimum atomic E-state index is -1.12. The Bertz CT molecular complexity index is 607. The van der Waals surface area contributed by atoms with Crippen LogP contribution in [0.3, 0.4) is 0 Å². The molecule has 0 spiro atoms. The van der Waals surface area contributed by atoms with Crippen molar-refractivity contribution in [1.29, 1.82) is 0 Å². The highest BCUT2D eigenvalue weighted by Gasteiger charge is 2.40. The average Bonchev–Trinajstić information content (AvgIpc) is 2.96. The van der Waals surface area contributed by atoms with E-state index < -0.39 is 5.97 Å². The summed E-state index contributed by atoms with van der Waals surface area (Å²) in [6.45, 7) is 1.40. The fourth-order valence-electron chi connectivity index (χ4n) is 2.64. The quantitative estimate of drug-likeness (QED) is 0.753. The van der Waals surface area contributed by atoms with Crippen LogP contribution >= 0.6 is 0 Å². The molecule has 2 saturated heterocycles. The van der Waals surface area contributed by atoms with Crippen LogP contribution in [-0.4, -0.2) is 74.4 Å². The molecule has 0 aromatic carbocycles. The molecule has 9 heteroatoms. The molecule has 1 aromatic heterocycles. The number of carbonyl (C=O) groups is 3. The van der Waals surface area contributed by atoms with Gasteiger partial charge in [0.1, 0.15) is 0 Å². The summed E-state index contributed by atoms with van der Waals surface area (Å²) in [5, 5.41) is 16.1. The van der Waals surface area contributed by atoms with E-state index in [9.17, 15) is 14.4 Å². The van der Waals surface area contributed by atoms with Gasteiger partial charge >= 0.3 is 5.97 Å². The van der Waals surface area contributed by atoms with E-state index in [0.29, 0.717) is 19.6 Å². The van der Waals surface area contributed by atoms with Crippen LogP contribution in [-0.2, 0) is 9.59 Å². The van der Waals surface area contributed by atoms with Gasteiger partial charge < -0.3 is 14.9 Å². The Morgan fingerprint density at radius 2 is 2.05 bits per heavy atom. The molecule has 1 unspecified atom stereocenters. The Kier molecular flexibility index (Phi) is 3.11. The fraction of sp³-hybridized carbons (Fsp3) is 0.583. The third-order valence-corrected chi connectivity index (χ3v) is 3.97. The summed E-state index contributed by atoms with van der Waals surface area (Å²) < 4.78 is 1.47. The summed E-state index contributed by atoms with van der Waals surface area (Å²) in [6.07, 6.45) is 1.63. The summed E-state index contributed by atoms with van der Waals surface area (Å²) >= 11 is 0. The second-order valence-electron chi connectivity index (χ2n) is 5.46. The SMILES string of the molecule is CN1CC(C(=O)N2CC(n3cc(C(=O)O)nn3)C2)CC1=O. The van der Waals surface area contributed by atoms with E-state index in [1.54, 1.807) is 16.8 Å². The first kappa shape index (κ1) is 13.5. The molecule has 3 rings (SSSR count). The molecule has 0 radical (unpaired) electrons. The Morgan fingerprint density at radius 3 is 2.57 bits per heavy atom. The van der Waals surface area contributed by atoms with E-state index >= 15 is 0 Å². The second-order valence-corrected chi connectivity index (χ2v) is 5.46. The number of rotatable bonds is 3. The highest BCUT2D eigenvalue weighted by molar-refractivity contribution is 5.89. The molecule has 2 aliphatic rings. The third-order valence-electron chi connectivity index (χ3n) is 3.97. The van der Waals surface area contributed by atoms with E-state index in [2.05, 4.69) is 10.3 Å². The zero-order valence-corrected chi connectivity index (χ0v) is 11.5. The van der Waals surface area contributed by atoms with Crippen molar-refractivity contribution in [3.63, 3.8) is 0 Å². The molecule has 112 valence electrons. The lowest BCUT2D eigenvalue weighted by atomic mass is 10.0. The second kappa shape index (κ2) is 4.83. The van der Waals surface area contributed by atoms with Crippen molar-refractivity contribution in [3.05, 3.63) is 11.9 Å². The van der Waals surface area contributed by atoms with Crippen LogP contribution in [0, 0.1) is 5.92 Å². The zero-order valence-electron chi connectivity index (χ0n) is 11.5. The lowest BCUT2D eigenvalue weighted by Gasteiger charge is -2.40. The highest BCUT2D eigenvalue weighted by Crippen LogP contribution is 2.26. The number of carboxylic acids is 1. The molecule has 2 amide bonds. The van der Waals surface area contributed by atoms with Crippen LogP contribution in [0.2, 0.25) is 0 Å². The van der Waals surface area contributed by atoms with Crippen LogP contribution in [0.4, 0.5) is 0 Å². The fourth-order valence-corrected chi connectivity index (χ4v) is 2.64. The zero-order chi connectivity index (χ0) is 15.1. The molecule has 2 fully saturated rings. The van der Waals surface area contributed by atoms with Gasteiger partial charge in [0.05, 0.1) is 18.2 Å². The first-order chi connectivity index (χ1) is 9.95. The lowest BCUT2D eigenvalue weighted by Crippen LogP contribution is -2.53. The predicted octanol–water partition coefficient (Wildman–Crippen LogP) is -1.16. The van der Waals surface area contributed by atoms with E-state index in [1.807, 2.05) is 0 Å². The minimum absolute atomic E-state index is 0.00667. The number of likely N-dealkylation sites (tertiary alicyclic amines) is 2. The maximum atomic E-state index is 12.2. The number of aromatic nitrogens is 3. The Labute approximate surface area is 120 Å². The van der Waals surface area contributed by atoms with Crippen molar-refractivity contribution >= 4 is 17.8 Å². The van der Waals surface area contributed by atoms with Crippen LogP contribution in [0.25, 0.3) is 0 Å². The standard InChI is InChI=1S/C12H15N5O4/c1-15-3-7(2-10(15)18)11(19)16-4-8(5-16)17-6-9(12(20)21)13-14-17/h6-8H,2-5H2,1H3,(H,20,21). The number of nitrogens with zero attached hydrogens (tertiary/aromatic N) is 5. The van der Waals surface area contributed by atoms with Crippen LogP contribution in [0.5, 0.6) is 0 Å². The number of carbonyl (C=O) groups excluding carboxylic acids is 2. The van der Waals surface area contributed by atoms with Gasteiger partial charge in [-0.3, -0.25) is 9.59 Å². The lowest BCUT2D eigenvalue weighted by molar-refractivity contribution is -0.141. The Balaban J connectivity index is 1.56. The number of aromatic carboxylic acids is 1. The molecular formula is C12H15N5O4. The van der Waals surface area contributed by atoms with Gasteiger partial charge in [0.25, 0.3) is 0 Å². The Hall–Kier alpha value is -2.45. The average molecular weight is 293 g/mol. The Morgan fingerprint density at radius 1 is 1.33 bits per heavy atom. The molecule has 21 heavy (non-hydrogen) atoms. The van der Waals surface area contributed by atoms with Gasteiger partial charge in [-0.2, -0.15) is 0 Å². The molecule has 1 N–H and O–H groups in total. The number of amides is 2. The third kappa shape index (κ3) is 2.34. The van der Waals surface area contributed by atoms with Crippen LogP contribution in [0.15, 0.2) is 6.20 Å². The van der Waals surface area contributed by atoms with Crippen LogP contribution in [0.1, 0.15) is 23.0 Å². The normalized spacial score (nSPS) is 22.5. The molecule has 1 atom stereocenters. The van der Waals surface area contributed by atoms with E-state index in [-0.39, 0.29) is 35.9 Å². The van der Waals surface area contributed by atoms with Gasteiger partial charge in [-0.05, 0) is 0 Å². The van der Waals surface area contributed by atoms with Gasteiger partial charge in [0.15, 0.2) is 5.69 Å². The first-order valence-electron chi connectivity index (χ1n) is 6.63. The molecule has 9 nitrogen and oxygen atoms in total. The van der Waals surface area contributed by atoms with Crippen molar-refractivity contribution in [2.45, 2.75) is 12.5 Å². The van der Waals surface area contributed by atoms with Crippen molar-refractivity contribution in [2.75, 3.05) is 26.7 Å². The van der Waals surface area contributed by atoms with Crippen molar-refractivity contribution in [1.82, 2.24) is 24.8 Å². The van der Waals surface area contributed by atoms with E-state index in [1.165, 1.54) is 10.9 Å². The summed E-state index contributed by atoms with van der Waals surface area (Å²) in [4.78, 5) is 37.6. The largest absolute Gasteiger partial charge is 0.476 e. The minimum Gasteiger partial charge on any atom is -0.476 e. The highest BCUT2D eigenvalue weighted by atomic mass is 16.4. The number of hydrogen-bond acceptors (Lipinski definition) is 5. The van der Waals surface area contributed by atoms with Gasteiger partial charge in [0.2, 0.25) is 11.8 Å². The topological polar surface area (TPSA) is 109 Å². The van der Waals surface area contributed by atoms with Gasteiger partial charge in [-0.25, -0.2) is 9.48 Å². The smallest absolute Gasteiger partial charge is 0.358 e. The molecule has 0 saturated carbocycles. The van der Waals surface area contributed by atoms with Gasteiger partial charge in [-0.15, -0.1) is 5.10 Å². The van der Waals surface area contributed by atoms with Gasteiger partial charge in [-0.1, -0.05) is 5.21 Å². The first-order valence-corrected chi connectivity index (χ1v) is 6.63. The van der Waals surface area contributed by atoms with Crippen LogP contribution < -0.4 is 0 Å². The number of carboxylic acid groups (broad SMARTS) is 1.